The molecule has 0 aliphatic carbocycles. The second-order valence-corrected chi connectivity index (χ2v) is 6.38. The van der Waals surface area contributed by atoms with Gasteiger partial charge in [-0.3, -0.25) is 4.40 Å². The first-order valence-corrected chi connectivity index (χ1v) is 7.52. The van der Waals surface area contributed by atoms with Crippen LogP contribution in [0.2, 0.25) is 0 Å². The molecule has 0 bridgehead atoms. The number of nitrogens with zero attached hydrogens (tertiary/aromatic N) is 2. The Kier molecular flexibility index (Phi) is 3.40. The van der Waals surface area contributed by atoms with E-state index < -0.39 is 0 Å². The van der Waals surface area contributed by atoms with Gasteiger partial charge in [0.25, 0.3) is 0 Å². The minimum Gasteiger partial charge on any atom is -0.297 e. The first-order chi connectivity index (χ1) is 7.55. The van der Waals surface area contributed by atoms with E-state index in [0.717, 1.165) is 16.7 Å². The number of thiazole rings is 1. The zero-order chi connectivity index (χ0) is 11.8. The fourth-order valence-electron chi connectivity index (χ4n) is 1.68. The van der Waals surface area contributed by atoms with E-state index in [4.69, 9.17) is 0 Å². The number of halogens is 1. The highest BCUT2D eigenvalue weighted by Crippen LogP contribution is 2.33. The molecule has 2 heterocycles. The van der Waals surface area contributed by atoms with E-state index in [2.05, 4.69) is 63.9 Å². The van der Waals surface area contributed by atoms with Gasteiger partial charge in [-0.1, -0.05) is 36.7 Å². The first kappa shape index (κ1) is 12.1. The second kappa shape index (κ2) is 4.49. The molecule has 0 aromatic carbocycles. The lowest BCUT2D eigenvalue weighted by molar-refractivity contribution is 0.256. The van der Waals surface area contributed by atoms with Gasteiger partial charge in [0.15, 0.2) is 4.96 Å². The lowest BCUT2D eigenvalue weighted by atomic mass is 9.77. The Hall–Kier alpha value is -0.350. The SMILES string of the molecule is CC(C)C(C)(CBr)Cc1cn2ccsc2n1. The van der Waals surface area contributed by atoms with Crippen molar-refractivity contribution in [3.63, 3.8) is 0 Å². The van der Waals surface area contributed by atoms with Crippen LogP contribution in [0.25, 0.3) is 4.96 Å². The molecule has 0 saturated heterocycles. The average Bonchev–Trinajstić information content (AvgIpc) is 2.77. The molecule has 2 nitrogen and oxygen atoms in total. The second-order valence-electron chi connectivity index (χ2n) is 4.94. The highest BCUT2D eigenvalue weighted by molar-refractivity contribution is 9.09. The molecule has 1 atom stereocenters. The van der Waals surface area contributed by atoms with Crippen molar-refractivity contribution in [2.75, 3.05) is 5.33 Å². The molecule has 0 aliphatic heterocycles. The van der Waals surface area contributed by atoms with Crippen molar-refractivity contribution in [3.05, 3.63) is 23.5 Å². The molecule has 0 fully saturated rings. The molecule has 0 radical (unpaired) electrons. The van der Waals surface area contributed by atoms with E-state index in [1.807, 2.05) is 0 Å². The van der Waals surface area contributed by atoms with E-state index >= 15 is 0 Å². The standard InChI is InChI=1S/C12H17BrN2S/c1-9(2)12(3,8-13)6-10-7-15-4-5-16-11(15)14-10/h4-5,7,9H,6,8H2,1-3H3. The zero-order valence-electron chi connectivity index (χ0n) is 9.90. The molecule has 0 spiro atoms. The van der Waals surface area contributed by atoms with Gasteiger partial charge in [-0.15, -0.1) is 11.3 Å². The minimum absolute atomic E-state index is 0.282. The van der Waals surface area contributed by atoms with Crippen molar-refractivity contribution in [1.29, 1.82) is 0 Å². The smallest absolute Gasteiger partial charge is 0.193 e. The van der Waals surface area contributed by atoms with Crippen molar-refractivity contribution in [2.24, 2.45) is 11.3 Å². The van der Waals surface area contributed by atoms with E-state index in [0.29, 0.717) is 5.92 Å². The van der Waals surface area contributed by atoms with Crippen LogP contribution in [-0.4, -0.2) is 14.7 Å². The topological polar surface area (TPSA) is 17.3 Å². The average molecular weight is 301 g/mol. The largest absolute Gasteiger partial charge is 0.297 e. The van der Waals surface area contributed by atoms with Crippen LogP contribution < -0.4 is 0 Å². The van der Waals surface area contributed by atoms with E-state index in [-0.39, 0.29) is 5.41 Å². The molecule has 0 saturated carbocycles. The van der Waals surface area contributed by atoms with Gasteiger partial charge in [-0.05, 0) is 17.8 Å². The Morgan fingerprint density at radius 2 is 2.31 bits per heavy atom. The van der Waals surface area contributed by atoms with Crippen LogP contribution in [0, 0.1) is 11.3 Å². The fourth-order valence-corrected chi connectivity index (χ4v) is 3.25. The van der Waals surface area contributed by atoms with Crippen LogP contribution >= 0.6 is 27.3 Å². The predicted molar refractivity (Wildman–Crippen MR) is 73.5 cm³/mol. The fraction of sp³-hybridized carbons (Fsp3) is 0.583. The van der Waals surface area contributed by atoms with Crippen molar-refractivity contribution in [2.45, 2.75) is 27.2 Å². The summed E-state index contributed by atoms with van der Waals surface area (Å²) in [4.78, 5) is 5.74. The molecule has 2 aromatic heterocycles. The zero-order valence-corrected chi connectivity index (χ0v) is 12.3. The third kappa shape index (κ3) is 2.18. The number of fused-ring (bicyclic) bond motifs is 1. The number of imidazole rings is 1. The Morgan fingerprint density at radius 1 is 1.56 bits per heavy atom. The van der Waals surface area contributed by atoms with Crippen LogP contribution in [0.4, 0.5) is 0 Å². The summed E-state index contributed by atoms with van der Waals surface area (Å²) in [5, 5.41) is 3.08. The van der Waals surface area contributed by atoms with Crippen LogP contribution in [0.5, 0.6) is 0 Å². The van der Waals surface area contributed by atoms with Crippen molar-refractivity contribution in [1.82, 2.24) is 9.38 Å². The van der Waals surface area contributed by atoms with E-state index in [1.165, 1.54) is 5.69 Å². The summed E-state index contributed by atoms with van der Waals surface area (Å²) in [5.41, 5.74) is 1.48. The molecular weight excluding hydrogens is 284 g/mol. The molecule has 0 aliphatic rings. The molecule has 4 heteroatoms. The highest BCUT2D eigenvalue weighted by atomic mass is 79.9. The van der Waals surface area contributed by atoms with Gasteiger partial charge in [-0.25, -0.2) is 4.98 Å². The van der Waals surface area contributed by atoms with Crippen LogP contribution in [0.3, 0.4) is 0 Å². The van der Waals surface area contributed by atoms with Gasteiger partial charge in [0, 0.05) is 23.1 Å². The molecule has 2 aromatic rings. The van der Waals surface area contributed by atoms with Crippen LogP contribution in [0.15, 0.2) is 17.8 Å². The Bertz CT molecular complexity index is 446. The minimum atomic E-state index is 0.282. The van der Waals surface area contributed by atoms with E-state index in [9.17, 15) is 0 Å². The van der Waals surface area contributed by atoms with Gasteiger partial charge in [0.05, 0.1) is 5.69 Å². The van der Waals surface area contributed by atoms with Crippen LogP contribution in [-0.2, 0) is 6.42 Å². The summed E-state index contributed by atoms with van der Waals surface area (Å²) in [6.07, 6.45) is 5.25. The molecule has 2 rings (SSSR count). The summed E-state index contributed by atoms with van der Waals surface area (Å²) in [6.45, 7) is 6.87. The number of rotatable bonds is 4. The number of hydrogen-bond donors (Lipinski definition) is 0. The van der Waals surface area contributed by atoms with Gasteiger partial charge in [0.2, 0.25) is 0 Å². The quantitative estimate of drug-likeness (QED) is 0.780. The normalized spacial score (nSPS) is 15.8. The number of aromatic nitrogens is 2. The Labute approximate surface area is 109 Å². The number of hydrogen-bond acceptors (Lipinski definition) is 2. The predicted octanol–water partition coefficient (Wildman–Crippen LogP) is 4.00. The maximum Gasteiger partial charge on any atom is 0.193 e. The summed E-state index contributed by atoms with van der Waals surface area (Å²) < 4.78 is 2.11. The summed E-state index contributed by atoms with van der Waals surface area (Å²) in [5.74, 6) is 0.645. The Morgan fingerprint density at radius 3 is 2.88 bits per heavy atom. The van der Waals surface area contributed by atoms with Crippen molar-refractivity contribution < 1.29 is 0 Å². The van der Waals surface area contributed by atoms with Gasteiger partial charge in [0.1, 0.15) is 0 Å². The van der Waals surface area contributed by atoms with Gasteiger partial charge in [-0.2, -0.15) is 0 Å². The highest BCUT2D eigenvalue weighted by Gasteiger charge is 2.28. The molecule has 88 valence electrons. The van der Waals surface area contributed by atoms with Gasteiger partial charge >= 0.3 is 0 Å². The maximum absolute atomic E-state index is 4.65. The molecule has 0 N–H and O–H groups in total. The summed E-state index contributed by atoms with van der Waals surface area (Å²) in [6, 6.07) is 0. The lowest BCUT2D eigenvalue weighted by Crippen LogP contribution is -2.28. The first-order valence-electron chi connectivity index (χ1n) is 5.52. The summed E-state index contributed by atoms with van der Waals surface area (Å²) >= 11 is 5.32. The molecular formula is C12H17BrN2S. The van der Waals surface area contributed by atoms with Crippen molar-refractivity contribution in [3.8, 4) is 0 Å². The van der Waals surface area contributed by atoms with E-state index in [1.54, 1.807) is 11.3 Å². The number of alkyl halides is 1. The van der Waals surface area contributed by atoms with Crippen LogP contribution in [0.1, 0.15) is 26.5 Å². The lowest BCUT2D eigenvalue weighted by Gasteiger charge is -2.31. The van der Waals surface area contributed by atoms with Crippen molar-refractivity contribution >= 4 is 32.2 Å². The molecule has 0 amide bonds. The summed E-state index contributed by atoms with van der Waals surface area (Å²) in [7, 11) is 0. The third-order valence-corrected chi connectivity index (χ3v) is 5.48. The van der Waals surface area contributed by atoms with Gasteiger partial charge < -0.3 is 0 Å². The monoisotopic (exact) mass is 300 g/mol. The molecule has 16 heavy (non-hydrogen) atoms. The molecule has 1 unspecified atom stereocenters. The Balaban J connectivity index is 2.23. The maximum atomic E-state index is 4.65. The third-order valence-electron chi connectivity index (χ3n) is 3.43.